The van der Waals surface area contributed by atoms with Gasteiger partial charge in [-0.3, -0.25) is 9.59 Å². The maximum atomic E-state index is 11.9. The zero-order valence-electron chi connectivity index (χ0n) is 10.7. The lowest BCUT2D eigenvalue weighted by molar-refractivity contribution is -0.204. The molecular formula is C13H17BrO4. The zero-order chi connectivity index (χ0) is 13.6. The molecule has 5 heteroatoms. The van der Waals surface area contributed by atoms with Gasteiger partial charge in [-0.2, -0.15) is 0 Å². The summed E-state index contributed by atoms with van der Waals surface area (Å²) in [5.74, 6) is -0.700. The molecule has 0 aromatic carbocycles. The highest BCUT2D eigenvalue weighted by molar-refractivity contribution is 9.09. The van der Waals surface area contributed by atoms with Crippen molar-refractivity contribution in [3.05, 3.63) is 12.2 Å². The van der Waals surface area contributed by atoms with Crippen molar-refractivity contribution in [3.63, 3.8) is 0 Å². The second kappa shape index (κ2) is 4.37. The van der Waals surface area contributed by atoms with Crippen molar-refractivity contribution >= 4 is 27.9 Å². The molecule has 1 fully saturated rings. The van der Waals surface area contributed by atoms with Gasteiger partial charge in [0, 0.05) is 0 Å². The number of fused-ring (bicyclic) bond motifs is 1. The monoisotopic (exact) mass is 316 g/mol. The second-order valence-electron chi connectivity index (χ2n) is 5.78. The van der Waals surface area contributed by atoms with E-state index in [-0.39, 0.29) is 29.3 Å². The smallest absolute Gasteiger partial charge is 0.320 e. The van der Waals surface area contributed by atoms with Gasteiger partial charge in [0.05, 0.1) is 11.2 Å². The maximum absolute atomic E-state index is 11.9. The Hall–Kier alpha value is -0.840. The highest BCUT2D eigenvalue weighted by Crippen LogP contribution is 2.48. The van der Waals surface area contributed by atoms with Crippen LogP contribution in [0.5, 0.6) is 0 Å². The van der Waals surface area contributed by atoms with Crippen LogP contribution in [-0.4, -0.2) is 28.5 Å². The summed E-state index contributed by atoms with van der Waals surface area (Å²) < 4.78 is 10.4. The Morgan fingerprint density at radius 3 is 2.83 bits per heavy atom. The van der Waals surface area contributed by atoms with Gasteiger partial charge < -0.3 is 9.47 Å². The van der Waals surface area contributed by atoms with Crippen molar-refractivity contribution in [2.75, 3.05) is 0 Å². The molecule has 1 heterocycles. The summed E-state index contributed by atoms with van der Waals surface area (Å²) in [6.45, 7) is 5.43. The van der Waals surface area contributed by atoms with Gasteiger partial charge in [-0.15, -0.1) is 0 Å². The van der Waals surface area contributed by atoms with E-state index >= 15 is 0 Å². The molecule has 18 heavy (non-hydrogen) atoms. The number of carbonyl (C=O) groups is 2. The SMILES string of the molecule is CC(C)(C)OC(=O)C[C@]12C=CC[C@H](Br)[C@H]1OC2=O. The molecule has 3 atom stereocenters. The van der Waals surface area contributed by atoms with Crippen molar-refractivity contribution in [1.29, 1.82) is 0 Å². The lowest BCUT2D eigenvalue weighted by Gasteiger charge is -2.48. The Balaban J connectivity index is 2.11. The molecule has 0 saturated carbocycles. The molecule has 1 saturated heterocycles. The quantitative estimate of drug-likeness (QED) is 0.446. The molecule has 1 aliphatic carbocycles. The van der Waals surface area contributed by atoms with Crippen LogP contribution in [0, 0.1) is 5.41 Å². The predicted octanol–water partition coefficient (Wildman–Crippen LogP) is 2.35. The van der Waals surface area contributed by atoms with Gasteiger partial charge in [-0.05, 0) is 27.2 Å². The van der Waals surface area contributed by atoms with Crippen LogP contribution >= 0.6 is 15.9 Å². The van der Waals surface area contributed by atoms with Gasteiger partial charge in [-0.1, -0.05) is 28.1 Å². The Kier molecular flexibility index (Phi) is 3.30. The minimum Gasteiger partial charge on any atom is -0.460 e. The minimum atomic E-state index is -0.825. The fourth-order valence-corrected chi connectivity index (χ4v) is 3.12. The molecule has 0 spiro atoms. The molecule has 1 aliphatic heterocycles. The first kappa shape index (κ1) is 13.6. The van der Waals surface area contributed by atoms with Crippen LogP contribution < -0.4 is 0 Å². The third-order valence-electron chi connectivity index (χ3n) is 3.08. The van der Waals surface area contributed by atoms with Gasteiger partial charge in [0.1, 0.15) is 17.1 Å². The van der Waals surface area contributed by atoms with Crippen LogP contribution in [-0.2, 0) is 19.1 Å². The fourth-order valence-electron chi connectivity index (χ4n) is 2.33. The van der Waals surface area contributed by atoms with Gasteiger partial charge in [-0.25, -0.2) is 0 Å². The summed E-state index contributed by atoms with van der Waals surface area (Å²) in [6, 6.07) is 0. The van der Waals surface area contributed by atoms with Crippen molar-refractivity contribution in [3.8, 4) is 0 Å². The average molecular weight is 317 g/mol. The molecule has 0 aromatic rings. The number of rotatable bonds is 2. The second-order valence-corrected chi connectivity index (χ2v) is 6.96. The van der Waals surface area contributed by atoms with Crippen molar-refractivity contribution in [2.45, 2.75) is 50.1 Å². The average Bonchev–Trinajstić information content (AvgIpc) is 2.20. The number of carbonyl (C=O) groups excluding carboxylic acids is 2. The Morgan fingerprint density at radius 1 is 1.61 bits per heavy atom. The standard InChI is InChI=1S/C13H17BrO4/c1-12(2,3)18-9(15)7-13-6-4-5-8(14)10(13)17-11(13)16/h4,6,8,10H,5,7H2,1-3H3/t8-,10+,13+/m0/s1. The van der Waals surface area contributed by atoms with Crippen LogP contribution in [0.2, 0.25) is 0 Å². The lowest BCUT2D eigenvalue weighted by Crippen LogP contribution is -2.61. The number of allylic oxidation sites excluding steroid dienone is 1. The number of esters is 2. The van der Waals surface area contributed by atoms with Crippen LogP contribution in [0.15, 0.2) is 12.2 Å². The van der Waals surface area contributed by atoms with E-state index in [0.29, 0.717) is 0 Å². The Morgan fingerprint density at radius 2 is 2.28 bits per heavy atom. The van der Waals surface area contributed by atoms with E-state index in [1.54, 1.807) is 6.08 Å². The van der Waals surface area contributed by atoms with Crippen molar-refractivity contribution in [1.82, 2.24) is 0 Å². The molecule has 0 N–H and O–H groups in total. The molecule has 0 radical (unpaired) electrons. The van der Waals surface area contributed by atoms with Gasteiger partial charge in [0.25, 0.3) is 0 Å². The summed E-state index contributed by atoms with van der Waals surface area (Å²) in [4.78, 5) is 23.7. The minimum absolute atomic E-state index is 0.0480. The van der Waals surface area contributed by atoms with Crippen LogP contribution in [0.25, 0.3) is 0 Å². The van der Waals surface area contributed by atoms with Gasteiger partial charge >= 0.3 is 11.9 Å². The van der Waals surface area contributed by atoms with E-state index in [1.807, 2.05) is 26.8 Å². The summed E-state index contributed by atoms with van der Waals surface area (Å²) in [7, 11) is 0. The third-order valence-corrected chi connectivity index (χ3v) is 3.94. The molecule has 2 aliphatic rings. The van der Waals surface area contributed by atoms with Crippen LogP contribution in [0.1, 0.15) is 33.6 Å². The van der Waals surface area contributed by atoms with Gasteiger partial charge in [0.15, 0.2) is 0 Å². The lowest BCUT2D eigenvalue weighted by atomic mass is 9.70. The van der Waals surface area contributed by atoms with Crippen molar-refractivity contribution in [2.24, 2.45) is 5.41 Å². The highest BCUT2D eigenvalue weighted by Gasteiger charge is 2.61. The first-order valence-corrected chi connectivity index (χ1v) is 6.91. The molecule has 2 rings (SSSR count). The first-order chi connectivity index (χ1) is 8.24. The van der Waals surface area contributed by atoms with Gasteiger partial charge in [0.2, 0.25) is 0 Å². The van der Waals surface area contributed by atoms with Crippen LogP contribution in [0.4, 0.5) is 0 Å². The van der Waals surface area contributed by atoms with E-state index in [2.05, 4.69) is 15.9 Å². The fraction of sp³-hybridized carbons (Fsp3) is 0.692. The van der Waals surface area contributed by atoms with E-state index in [0.717, 1.165) is 6.42 Å². The molecule has 0 unspecified atom stereocenters. The third kappa shape index (κ3) is 2.32. The largest absolute Gasteiger partial charge is 0.460 e. The highest BCUT2D eigenvalue weighted by atomic mass is 79.9. The normalized spacial score (nSPS) is 34.3. The summed E-state index contributed by atoms with van der Waals surface area (Å²) in [5.41, 5.74) is -1.36. The maximum Gasteiger partial charge on any atom is 0.320 e. The number of alkyl halides is 1. The molecule has 0 amide bonds. The number of hydrogen-bond acceptors (Lipinski definition) is 4. The van der Waals surface area contributed by atoms with Crippen molar-refractivity contribution < 1.29 is 19.1 Å². The summed E-state index contributed by atoms with van der Waals surface area (Å²) >= 11 is 3.48. The Bertz CT molecular complexity index is 410. The number of halogens is 1. The van der Waals surface area contributed by atoms with E-state index in [1.165, 1.54) is 0 Å². The van der Waals surface area contributed by atoms with Crippen LogP contribution in [0.3, 0.4) is 0 Å². The first-order valence-electron chi connectivity index (χ1n) is 5.99. The summed E-state index contributed by atoms with van der Waals surface area (Å²) in [6.07, 6.45) is 4.30. The number of hydrogen-bond donors (Lipinski definition) is 0. The zero-order valence-corrected chi connectivity index (χ0v) is 12.3. The topological polar surface area (TPSA) is 52.6 Å². The predicted molar refractivity (Wildman–Crippen MR) is 69.2 cm³/mol. The van der Waals surface area contributed by atoms with E-state index in [9.17, 15) is 9.59 Å². The molecule has 0 aromatic heterocycles. The Labute approximate surface area is 115 Å². The van der Waals surface area contributed by atoms with E-state index in [4.69, 9.17) is 9.47 Å². The number of ether oxygens (including phenoxy) is 2. The van der Waals surface area contributed by atoms with E-state index < -0.39 is 11.0 Å². The molecular weight excluding hydrogens is 300 g/mol. The molecule has 0 bridgehead atoms. The molecule has 4 nitrogen and oxygen atoms in total. The molecule has 100 valence electrons. The summed E-state index contributed by atoms with van der Waals surface area (Å²) in [5, 5.41) is 0.